The molecule has 0 N–H and O–H groups in total. The maximum Gasteiger partial charge on any atom is 0.250 e. The van der Waals surface area contributed by atoms with E-state index in [-0.39, 0.29) is 11.9 Å². The van der Waals surface area contributed by atoms with Crippen LogP contribution in [0.1, 0.15) is 26.7 Å². The Morgan fingerprint density at radius 1 is 1.82 bits per heavy atom. The lowest BCUT2D eigenvalue weighted by atomic mass is 10.0. The molecule has 0 aromatic heterocycles. The molecule has 1 heterocycles. The number of hydrogen-bond donors (Lipinski definition) is 0. The van der Waals surface area contributed by atoms with Crippen LogP contribution in [0.25, 0.3) is 0 Å². The topological polar surface area (TPSA) is 20.1 Å². The summed E-state index contributed by atoms with van der Waals surface area (Å²) in [5, 5.41) is 0. The van der Waals surface area contributed by atoms with Crippen LogP contribution in [-0.4, -0.2) is 16.8 Å². The van der Waals surface area contributed by atoms with Crippen molar-refractivity contribution in [1.29, 1.82) is 0 Å². The highest BCUT2D eigenvalue weighted by Crippen LogP contribution is 2.29. The van der Waals surface area contributed by atoms with Gasteiger partial charge in [0.1, 0.15) is 6.04 Å². The van der Waals surface area contributed by atoms with Crippen LogP contribution in [0.2, 0.25) is 0 Å². The average molecular weight is 153 g/mol. The number of carbonyl (C=O) groups is 1. The standard InChI is InChI=1S/C9H15NO/c1-4-6-7(3)8-9(11)10(8)5-2/h5,7-8H,2,4,6H2,1,3H3. The average Bonchev–Trinajstić information content (AvgIpc) is 2.61. The van der Waals surface area contributed by atoms with Crippen molar-refractivity contribution in [1.82, 2.24) is 4.90 Å². The summed E-state index contributed by atoms with van der Waals surface area (Å²) in [5.74, 6) is 0.728. The fourth-order valence-electron chi connectivity index (χ4n) is 1.54. The van der Waals surface area contributed by atoms with Gasteiger partial charge in [-0.15, -0.1) is 0 Å². The number of hydrogen-bond acceptors (Lipinski definition) is 1. The minimum absolute atomic E-state index is 0.146. The summed E-state index contributed by atoms with van der Waals surface area (Å²) >= 11 is 0. The van der Waals surface area contributed by atoms with Crippen LogP contribution >= 0.6 is 0 Å². The Hall–Kier alpha value is -0.790. The van der Waals surface area contributed by atoms with Gasteiger partial charge in [-0.05, 0) is 12.3 Å². The summed E-state index contributed by atoms with van der Waals surface area (Å²) in [6.07, 6.45) is 3.90. The third-order valence-corrected chi connectivity index (χ3v) is 2.22. The zero-order chi connectivity index (χ0) is 8.43. The second kappa shape index (κ2) is 3.07. The Balaban J connectivity index is 2.39. The molecule has 1 amide bonds. The fraction of sp³-hybridized carbons (Fsp3) is 0.667. The number of nitrogens with zero attached hydrogens (tertiary/aromatic N) is 1. The minimum atomic E-state index is 0.146. The predicted molar refractivity (Wildman–Crippen MR) is 44.9 cm³/mol. The Bertz CT molecular complexity index is 176. The molecule has 0 aromatic rings. The maximum atomic E-state index is 11.0. The van der Waals surface area contributed by atoms with E-state index in [4.69, 9.17) is 0 Å². The van der Waals surface area contributed by atoms with Crippen LogP contribution in [0.5, 0.6) is 0 Å². The van der Waals surface area contributed by atoms with Crippen LogP contribution in [0, 0.1) is 5.92 Å². The van der Waals surface area contributed by atoms with Gasteiger partial charge in [0.05, 0.1) is 0 Å². The SMILES string of the molecule is C=CN1C(=O)C1C(C)CCC. The summed E-state index contributed by atoms with van der Waals surface area (Å²) < 4.78 is 0. The van der Waals surface area contributed by atoms with Gasteiger partial charge >= 0.3 is 0 Å². The van der Waals surface area contributed by atoms with E-state index in [1.807, 2.05) is 0 Å². The Labute approximate surface area is 67.9 Å². The normalized spacial score (nSPS) is 25.1. The van der Waals surface area contributed by atoms with Crippen molar-refractivity contribution in [3.8, 4) is 0 Å². The Kier molecular flexibility index (Phi) is 2.32. The molecule has 1 aliphatic heterocycles. The van der Waals surface area contributed by atoms with Crippen molar-refractivity contribution in [2.24, 2.45) is 5.92 Å². The molecule has 0 bridgehead atoms. The van der Waals surface area contributed by atoms with Crippen molar-refractivity contribution in [3.05, 3.63) is 12.8 Å². The lowest BCUT2D eigenvalue weighted by Gasteiger charge is -2.04. The predicted octanol–water partition coefficient (Wildman–Crippen LogP) is 1.78. The largest absolute Gasteiger partial charge is 0.305 e. The Morgan fingerprint density at radius 2 is 2.45 bits per heavy atom. The molecule has 2 atom stereocenters. The van der Waals surface area contributed by atoms with E-state index < -0.39 is 0 Å². The van der Waals surface area contributed by atoms with E-state index in [0.717, 1.165) is 12.8 Å². The number of carbonyl (C=O) groups excluding carboxylic acids is 1. The zero-order valence-electron chi connectivity index (χ0n) is 7.21. The molecule has 0 saturated carbocycles. The molecule has 1 saturated heterocycles. The molecule has 2 unspecified atom stereocenters. The second-order valence-electron chi connectivity index (χ2n) is 3.14. The van der Waals surface area contributed by atoms with E-state index in [2.05, 4.69) is 20.4 Å². The third-order valence-electron chi connectivity index (χ3n) is 2.22. The molecule has 0 spiro atoms. The van der Waals surface area contributed by atoms with Gasteiger partial charge in [0.15, 0.2) is 0 Å². The van der Waals surface area contributed by atoms with Gasteiger partial charge in [-0.3, -0.25) is 4.79 Å². The highest BCUT2D eigenvalue weighted by molar-refractivity contribution is 5.98. The zero-order valence-corrected chi connectivity index (χ0v) is 7.21. The first kappa shape index (κ1) is 8.31. The molecular weight excluding hydrogens is 138 g/mol. The summed E-state index contributed by atoms with van der Waals surface area (Å²) in [5.41, 5.74) is 0. The molecule has 62 valence electrons. The maximum absolute atomic E-state index is 11.0. The first-order valence-corrected chi connectivity index (χ1v) is 4.17. The van der Waals surface area contributed by atoms with E-state index in [1.165, 1.54) is 0 Å². The van der Waals surface area contributed by atoms with Gasteiger partial charge in [0.2, 0.25) is 0 Å². The van der Waals surface area contributed by atoms with Gasteiger partial charge < -0.3 is 4.90 Å². The molecule has 1 fully saturated rings. The van der Waals surface area contributed by atoms with Gasteiger partial charge in [-0.1, -0.05) is 26.8 Å². The minimum Gasteiger partial charge on any atom is -0.305 e. The quantitative estimate of drug-likeness (QED) is 0.564. The van der Waals surface area contributed by atoms with Crippen LogP contribution in [0.15, 0.2) is 12.8 Å². The first-order valence-electron chi connectivity index (χ1n) is 4.17. The van der Waals surface area contributed by atoms with Gasteiger partial charge in [-0.2, -0.15) is 0 Å². The van der Waals surface area contributed by atoms with E-state index in [0.29, 0.717) is 5.92 Å². The molecule has 2 nitrogen and oxygen atoms in total. The highest BCUT2D eigenvalue weighted by atomic mass is 16.2. The summed E-state index contributed by atoms with van der Waals surface area (Å²) in [6.45, 7) is 7.83. The second-order valence-corrected chi connectivity index (χ2v) is 3.14. The lowest BCUT2D eigenvalue weighted by molar-refractivity contribution is -0.113. The van der Waals surface area contributed by atoms with Crippen molar-refractivity contribution in [2.75, 3.05) is 0 Å². The number of amides is 1. The summed E-state index contributed by atoms with van der Waals surface area (Å²) in [6, 6.07) is 0.146. The van der Waals surface area contributed by atoms with Crippen molar-refractivity contribution in [2.45, 2.75) is 32.7 Å². The van der Waals surface area contributed by atoms with Crippen LogP contribution in [0.3, 0.4) is 0 Å². The van der Waals surface area contributed by atoms with Crippen LogP contribution < -0.4 is 0 Å². The molecule has 0 aromatic carbocycles. The highest BCUT2D eigenvalue weighted by Gasteiger charge is 2.46. The summed E-state index contributed by atoms with van der Waals surface area (Å²) in [7, 11) is 0. The van der Waals surface area contributed by atoms with Crippen molar-refractivity contribution < 1.29 is 4.79 Å². The van der Waals surface area contributed by atoms with Crippen LogP contribution in [-0.2, 0) is 4.79 Å². The molecule has 0 aliphatic carbocycles. The molecule has 11 heavy (non-hydrogen) atoms. The van der Waals surface area contributed by atoms with Crippen LogP contribution in [0.4, 0.5) is 0 Å². The first-order chi connectivity index (χ1) is 5.22. The van der Waals surface area contributed by atoms with Gasteiger partial charge in [0, 0.05) is 6.20 Å². The Morgan fingerprint density at radius 3 is 2.82 bits per heavy atom. The summed E-state index contributed by atoms with van der Waals surface area (Å²) in [4.78, 5) is 12.7. The lowest BCUT2D eigenvalue weighted by Crippen LogP contribution is -2.06. The van der Waals surface area contributed by atoms with E-state index in [9.17, 15) is 4.79 Å². The van der Waals surface area contributed by atoms with Crippen molar-refractivity contribution in [3.63, 3.8) is 0 Å². The molecule has 1 rings (SSSR count). The molecular formula is C9H15NO. The van der Waals surface area contributed by atoms with E-state index >= 15 is 0 Å². The smallest absolute Gasteiger partial charge is 0.250 e. The monoisotopic (exact) mass is 153 g/mol. The van der Waals surface area contributed by atoms with E-state index in [1.54, 1.807) is 11.1 Å². The van der Waals surface area contributed by atoms with Gasteiger partial charge in [-0.25, -0.2) is 0 Å². The molecule has 2 heteroatoms. The number of rotatable bonds is 4. The molecule has 0 radical (unpaired) electrons. The molecule has 1 aliphatic rings. The third kappa shape index (κ3) is 1.44. The van der Waals surface area contributed by atoms with Gasteiger partial charge in [0.25, 0.3) is 5.91 Å². The van der Waals surface area contributed by atoms with Crippen molar-refractivity contribution >= 4 is 5.91 Å². The fourth-order valence-corrected chi connectivity index (χ4v) is 1.54.